The van der Waals surface area contributed by atoms with Crippen molar-refractivity contribution in [1.82, 2.24) is 25.5 Å². The first kappa shape index (κ1) is 31.7. The van der Waals surface area contributed by atoms with Crippen LogP contribution in [0.4, 0.5) is 5.69 Å². The van der Waals surface area contributed by atoms with Gasteiger partial charge < -0.3 is 35.7 Å². The number of benzene rings is 3. The van der Waals surface area contributed by atoms with E-state index in [1.165, 1.54) is 19.2 Å². The molecule has 3 aromatic carbocycles. The highest BCUT2D eigenvalue weighted by molar-refractivity contribution is 6.04. The number of carbonyl (C=O) groups is 5. The zero-order chi connectivity index (χ0) is 32.6. The average molecular weight is 627 g/mol. The zero-order valence-electron chi connectivity index (χ0n) is 25.2. The third-order valence-electron chi connectivity index (χ3n) is 7.66. The van der Waals surface area contributed by atoms with E-state index >= 15 is 0 Å². The number of ether oxygens (including phenoxy) is 1. The second-order valence-corrected chi connectivity index (χ2v) is 10.8. The minimum absolute atomic E-state index is 0.0726. The van der Waals surface area contributed by atoms with Gasteiger partial charge in [0.15, 0.2) is 0 Å². The number of carboxylic acid groups (broad SMARTS) is 1. The Labute approximate surface area is 264 Å². The quantitative estimate of drug-likeness (QED) is 0.117. The van der Waals surface area contributed by atoms with Crippen LogP contribution in [0.1, 0.15) is 61.7 Å². The lowest BCUT2D eigenvalue weighted by atomic mass is 10.1. The lowest BCUT2D eigenvalue weighted by Crippen LogP contribution is -2.42. The normalized spacial score (nSPS) is 14.2. The number of esters is 1. The summed E-state index contributed by atoms with van der Waals surface area (Å²) in [5.74, 6) is -2.21. The summed E-state index contributed by atoms with van der Waals surface area (Å²) in [5, 5.41) is 18.1. The number of nitrogens with one attached hydrogen (secondary N) is 4. The maximum atomic E-state index is 13.5. The molecule has 0 spiro atoms. The number of hydrogen-bond acceptors (Lipinski definition) is 8. The number of H-pyrrole nitrogens is 1. The number of imidazole rings is 1. The predicted molar refractivity (Wildman–Crippen MR) is 168 cm³/mol. The summed E-state index contributed by atoms with van der Waals surface area (Å²) in [5.41, 5.74) is 3.41. The number of methoxy groups -OCH3 is 1. The number of rotatable bonds is 12. The van der Waals surface area contributed by atoms with Crippen molar-refractivity contribution in [3.8, 4) is 0 Å². The molecule has 1 atom stereocenters. The molecule has 1 aliphatic heterocycles. The van der Waals surface area contributed by atoms with Crippen LogP contribution in [-0.2, 0) is 27.4 Å². The van der Waals surface area contributed by atoms with E-state index in [0.29, 0.717) is 42.0 Å². The van der Waals surface area contributed by atoms with Gasteiger partial charge in [-0.3, -0.25) is 19.2 Å². The molecule has 2 heterocycles. The molecule has 0 fully saturated rings. The van der Waals surface area contributed by atoms with Crippen molar-refractivity contribution >= 4 is 46.4 Å². The lowest BCUT2D eigenvalue weighted by Gasteiger charge is -2.24. The number of carboxylic acids is 1. The summed E-state index contributed by atoms with van der Waals surface area (Å²) in [6.45, 7) is 0.988. The lowest BCUT2D eigenvalue weighted by molar-refractivity contribution is -0.144. The van der Waals surface area contributed by atoms with Crippen LogP contribution in [0, 0.1) is 0 Å². The fourth-order valence-corrected chi connectivity index (χ4v) is 5.29. The van der Waals surface area contributed by atoms with Crippen LogP contribution < -0.4 is 16.0 Å². The van der Waals surface area contributed by atoms with Crippen LogP contribution >= 0.6 is 0 Å². The molecule has 0 aliphatic carbocycles. The van der Waals surface area contributed by atoms with Crippen molar-refractivity contribution in [2.45, 2.75) is 38.4 Å². The Morgan fingerprint density at radius 2 is 1.74 bits per heavy atom. The molecule has 4 aromatic rings. The Morgan fingerprint density at radius 3 is 2.50 bits per heavy atom. The zero-order valence-corrected chi connectivity index (χ0v) is 25.2. The van der Waals surface area contributed by atoms with E-state index in [0.717, 1.165) is 11.0 Å². The number of amides is 3. The number of aromatic nitrogens is 2. The number of unbranched alkanes of at least 4 members (excludes halogenated alkanes) is 1. The van der Waals surface area contributed by atoms with Gasteiger partial charge in [-0.05, 0) is 60.9 Å². The predicted octanol–water partition coefficient (Wildman–Crippen LogP) is 3.09. The highest BCUT2D eigenvalue weighted by Crippen LogP contribution is 2.26. The number of aromatic carboxylic acids is 1. The maximum Gasteiger partial charge on any atom is 0.336 e. The second-order valence-electron chi connectivity index (χ2n) is 10.8. The van der Waals surface area contributed by atoms with E-state index in [9.17, 15) is 29.1 Å². The van der Waals surface area contributed by atoms with Crippen LogP contribution in [0.25, 0.3) is 11.0 Å². The first-order valence-electron chi connectivity index (χ1n) is 14.8. The average Bonchev–Trinajstić information content (AvgIpc) is 3.44. The van der Waals surface area contributed by atoms with E-state index in [1.54, 1.807) is 35.2 Å². The summed E-state index contributed by atoms with van der Waals surface area (Å²) in [6.07, 6.45) is 0.853. The van der Waals surface area contributed by atoms with Crippen LogP contribution in [0.2, 0.25) is 0 Å². The number of nitrogens with zero attached hydrogens (tertiary/aromatic N) is 2. The van der Waals surface area contributed by atoms with E-state index in [4.69, 9.17) is 4.74 Å². The van der Waals surface area contributed by atoms with Crippen LogP contribution in [0.5, 0.6) is 0 Å². The van der Waals surface area contributed by atoms with Crippen molar-refractivity contribution in [2.24, 2.45) is 0 Å². The van der Waals surface area contributed by atoms with Gasteiger partial charge in [-0.2, -0.15) is 0 Å². The summed E-state index contributed by atoms with van der Waals surface area (Å²) in [6, 6.07) is 17.8. The monoisotopic (exact) mass is 626 g/mol. The van der Waals surface area contributed by atoms with Gasteiger partial charge in [0.25, 0.3) is 11.8 Å². The largest absolute Gasteiger partial charge is 0.478 e. The fourth-order valence-electron chi connectivity index (χ4n) is 5.29. The number of fused-ring (bicyclic) bond motifs is 2. The van der Waals surface area contributed by atoms with Crippen molar-refractivity contribution in [3.05, 3.63) is 94.8 Å². The van der Waals surface area contributed by atoms with E-state index in [-0.39, 0.29) is 49.0 Å². The van der Waals surface area contributed by atoms with Gasteiger partial charge in [0, 0.05) is 30.9 Å². The third kappa shape index (κ3) is 7.49. The second kappa shape index (κ2) is 14.4. The Morgan fingerprint density at radius 1 is 0.978 bits per heavy atom. The molecule has 13 heteroatoms. The molecular formula is C33H34N6O7. The van der Waals surface area contributed by atoms with E-state index in [2.05, 4.69) is 25.9 Å². The molecule has 0 unspecified atom stereocenters. The molecular weight excluding hydrogens is 592 g/mol. The van der Waals surface area contributed by atoms with Crippen LogP contribution in [0.3, 0.4) is 0 Å². The smallest absolute Gasteiger partial charge is 0.336 e. The summed E-state index contributed by atoms with van der Waals surface area (Å²) in [4.78, 5) is 72.0. The first-order chi connectivity index (χ1) is 22.2. The number of hydrogen-bond donors (Lipinski definition) is 5. The van der Waals surface area contributed by atoms with Gasteiger partial charge >= 0.3 is 11.9 Å². The SMILES string of the molecule is COC(=O)C[C@@H]1Nc2ccc(C(=O)NCc3nc4ccccc4[nH]3)cc2CN(CCCCNC(=O)c2ccccc2C(=O)O)C1=O. The standard InChI is InChI=1S/C33H34N6O7/c1-46-29(40)17-27-32(43)39(15-7-6-14-34-31(42)22-8-2-3-9-23(22)33(44)45)19-21-16-20(12-13-24(21)36-27)30(41)35-18-28-37-25-10-4-5-11-26(25)38-28/h2-5,8-13,16,27,36H,6-7,14-15,17-19H2,1H3,(H,34,42)(H,35,41)(H,37,38)(H,44,45)/t27-/m0/s1. The van der Waals surface area contributed by atoms with Gasteiger partial charge in [-0.1, -0.05) is 24.3 Å². The highest BCUT2D eigenvalue weighted by atomic mass is 16.5. The molecule has 238 valence electrons. The molecule has 13 nitrogen and oxygen atoms in total. The molecule has 0 bridgehead atoms. The molecule has 46 heavy (non-hydrogen) atoms. The Kier molecular flexibility index (Phi) is 9.90. The molecule has 5 rings (SSSR count). The molecule has 1 aromatic heterocycles. The minimum Gasteiger partial charge on any atom is -0.478 e. The maximum absolute atomic E-state index is 13.5. The summed E-state index contributed by atoms with van der Waals surface area (Å²) < 4.78 is 4.81. The molecule has 3 amide bonds. The molecule has 5 N–H and O–H groups in total. The van der Waals surface area contributed by atoms with Gasteiger partial charge in [-0.25, -0.2) is 9.78 Å². The Balaban J connectivity index is 1.23. The van der Waals surface area contributed by atoms with Crippen molar-refractivity contribution in [1.29, 1.82) is 0 Å². The van der Waals surface area contributed by atoms with Gasteiger partial charge in [-0.15, -0.1) is 0 Å². The minimum atomic E-state index is -1.19. The number of carbonyl (C=O) groups excluding carboxylic acids is 4. The Bertz CT molecular complexity index is 1750. The Hall–Kier alpha value is -5.72. The number of para-hydroxylation sites is 2. The summed E-state index contributed by atoms with van der Waals surface area (Å²) >= 11 is 0. The van der Waals surface area contributed by atoms with E-state index < -0.39 is 23.9 Å². The molecule has 1 aliphatic rings. The molecule has 0 saturated heterocycles. The molecule has 0 radical (unpaired) electrons. The van der Waals surface area contributed by atoms with Crippen molar-refractivity contribution < 1.29 is 33.8 Å². The van der Waals surface area contributed by atoms with Gasteiger partial charge in [0.2, 0.25) is 5.91 Å². The number of anilines is 1. The van der Waals surface area contributed by atoms with Gasteiger partial charge in [0.05, 0.1) is 42.2 Å². The highest BCUT2D eigenvalue weighted by Gasteiger charge is 2.31. The van der Waals surface area contributed by atoms with Crippen LogP contribution in [-0.4, -0.2) is 75.9 Å². The topological polar surface area (TPSA) is 183 Å². The third-order valence-corrected chi connectivity index (χ3v) is 7.66. The van der Waals surface area contributed by atoms with Crippen molar-refractivity contribution in [3.63, 3.8) is 0 Å². The first-order valence-corrected chi connectivity index (χ1v) is 14.8. The molecule has 0 saturated carbocycles. The van der Waals surface area contributed by atoms with E-state index in [1.807, 2.05) is 24.3 Å². The van der Waals surface area contributed by atoms with Crippen molar-refractivity contribution in [2.75, 3.05) is 25.5 Å². The summed E-state index contributed by atoms with van der Waals surface area (Å²) in [7, 11) is 1.26. The fraction of sp³-hybridized carbons (Fsp3) is 0.273. The number of aromatic amines is 1. The van der Waals surface area contributed by atoms with Gasteiger partial charge in [0.1, 0.15) is 11.9 Å². The van der Waals surface area contributed by atoms with Crippen LogP contribution in [0.15, 0.2) is 66.7 Å².